The van der Waals surface area contributed by atoms with E-state index in [0.717, 1.165) is 23.3 Å². The smallest absolute Gasteiger partial charge is 0.229 e. The minimum Gasteiger partial charge on any atom is -0.497 e. The van der Waals surface area contributed by atoms with E-state index in [1.165, 1.54) is 6.39 Å². The van der Waals surface area contributed by atoms with Crippen molar-refractivity contribution in [3.05, 3.63) is 95.7 Å². The molecule has 1 aliphatic heterocycles. The number of nitrogens with two attached hydrogens (primary N) is 1. The van der Waals surface area contributed by atoms with Gasteiger partial charge in [0.15, 0.2) is 5.60 Å². The predicted octanol–water partition coefficient (Wildman–Crippen LogP) is 4.29. The molecule has 1 fully saturated rings. The largest absolute Gasteiger partial charge is 0.497 e. The zero-order chi connectivity index (χ0) is 26.8. The Morgan fingerprint density at radius 3 is 2.29 bits per heavy atom. The number of hydrogen-bond donors (Lipinski definition) is 2. The lowest BCUT2D eigenvalue weighted by Gasteiger charge is -2.40. The first-order valence-electron chi connectivity index (χ1n) is 12.3. The first-order chi connectivity index (χ1) is 18.5. The van der Waals surface area contributed by atoms with Crippen LogP contribution in [0, 0.1) is 0 Å². The Bertz CT molecular complexity index is 1360. The quantitative estimate of drug-likeness (QED) is 0.386. The van der Waals surface area contributed by atoms with Gasteiger partial charge in [0.2, 0.25) is 12.3 Å². The second kappa shape index (κ2) is 10.4. The number of rotatable bonds is 6. The molecule has 0 amide bonds. The minimum atomic E-state index is -1.25. The fourth-order valence-electron chi connectivity index (χ4n) is 5.71. The molecule has 2 aliphatic rings. The van der Waals surface area contributed by atoms with Crippen LogP contribution in [0.2, 0.25) is 0 Å². The third kappa shape index (κ3) is 4.04. The first-order valence-corrected chi connectivity index (χ1v) is 12.3. The van der Waals surface area contributed by atoms with Gasteiger partial charge in [-0.1, -0.05) is 42.5 Å². The molecule has 9 heteroatoms. The van der Waals surface area contributed by atoms with Crippen molar-refractivity contribution in [1.82, 2.24) is 10.2 Å². The number of ether oxygens (including phenoxy) is 4. The lowest BCUT2D eigenvalue weighted by Crippen LogP contribution is -2.48. The third-order valence-corrected chi connectivity index (χ3v) is 7.38. The van der Waals surface area contributed by atoms with Crippen LogP contribution in [0.15, 0.2) is 77.5 Å². The van der Waals surface area contributed by atoms with Gasteiger partial charge in [0.05, 0.1) is 33.4 Å². The Kier molecular flexibility index (Phi) is 6.96. The molecule has 6 rings (SSSR count). The monoisotopic (exact) mass is 517 g/mol. The summed E-state index contributed by atoms with van der Waals surface area (Å²) in [5.41, 5.74) is 5.57. The van der Waals surface area contributed by atoms with Crippen molar-refractivity contribution in [3.8, 4) is 23.0 Å². The molecule has 198 valence electrons. The van der Waals surface area contributed by atoms with Crippen LogP contribution in [-0.2, 0) is 17.7 Å². The van der Waals surface area contributed by atoms with Gasteiger partial charge in [0, 0.05) is 18.1 Å². The molecular formula is C29H31N3O6. The Balaban J connectivity index is 0.000000366. The second-order valence-corrected chi connectivity index (χ2v) is 9.17. The highest BCUT2D eigenvalue weighted by Gasteiger charge is 2.69. The molecule has 2 heterocycles. The fourth-order valence-corrected chi connectivity index (χ4v) is 5.71. The summed E-state index contributed by atoms with van der Waals surface area (Å²) in [5.74, 6) is 2.97. The Labute approximate surface area is 221 Å². The van der Waals surface area contributed by atoms with Gasteiger partial charge in [-0.2, -0.15) is 0 Å². The number of aromatic nitrogens is 2. The van der Waals surface area contributed by atoms with E-state index in [2.05, 4.69) is 26.7 Å². The van der Waals surface area contributed by atoms with Gasteiger partial charge in [0.25, 0.3) is 0 Å². The number of nitrogens with zero attached hydrogens (tertiary/aromatic N) is 2. The minimum absolute atomic E-state index is 0.0461. The normalized spacial score (nSPS) is 22.9. The summed E-state index contributed by atoms with van der Waals surface area (Å²) < 4.78 is 27.9. The van der Waals surface area contributed by atoms with Crippen molar-refractivity contribution in [2.24, 2.45) is 5.73 Å². The topological polar surface area (TPSA) is 122 Å². The van der Waals surface area contributed by atoms with E-state index in [4.69, 9.17) is 24.7 Å². The summed E-state index contributed by atoms with van der Waals surface area (Å²) in [7, 11) is 4.86. The highest BCUT2D eigenvalue weighted by molar-refractivity contribution is 5.61. The average molecular weight is 518 g/mol. The highest BCUT2D eigenvalue weighted by atomic mass is 16.5. The SMILES string of the molecule is COc1ccc(C23Oc4cc(OC)cc(OC)c4C2(O)CCC3c2ccccc2)cc1.NCc1nnco1. The van der Waals surface area contributed by atoms with E-state index in [-0.39, 0.29) is 5.92 Å². The molecule has 3 unspecified atom stereocenters. The van der Waals surface area contributed by atoms with Gasteiger partial charge in [-0.15, -0.1) is 10.2 Å². The molecule has 3 atom stereocenters. The zero-order valence-corrected chi connectivity index (χ0v) is 21.6. The maximum Gasteiger partial charge on any atom is 0.229 e. The predicted molar refractivity (Wildman–Crippen MR) is 139 cm³/mol. The van der Waals surface area contributed by atoms with E-state index in [9.17, 15) is 5.11 Å². The molecule has 0 bridgehead atoms. The van der Waals surface area contributed by atoms with E-state index < -0.39 is 11.2 Å². The Morgan fingerprint density at radius 2 is 1.71 bits per heavy atom. The summed E-state index contributed by atoms with van der Waals surface area (Å²) in [6.45, 7) is 0.319. The van der Waals surface area contributed by atoms with E-state index in [1.807, 2.05) is 48.5 Å². The molecule has 9 nitrogen and oxygen atoms in total. The maximum atomic E-state index is 12.3. The first kappa shape index (κ1) is 25.6. The number of fused-ring (bicyclic) bond motifs is 3. The molecule has 0 radical (unpaired) electrons. The highest BCUT2D eigenvalue weighted by Crippen LogP contribution is 2.68. The zero-order valence-electron chi connectivity index (χ0n) is 21.6. The lowest BCUT2D eigenvalue weighted by molar-refractivity contribution is -0.106. The Hall–Kier alpha value is -4.08. The average Bonchev–Trinajstić information content (AvgIpc) is 3.66. The number of benzene rings is 3. The van der Waals surface area contributed by atoms with Crippen LogP contribution >= 0.6 is 0 Å². The third-order valence-electron chi connectivity index (χ3n) is 7.38. The van der Waals surface area contributed by atoms with Gasteiger partial charge in [-0.05, 0) is 36.1 Å². The summed E-state index contributed by atoms with van der Waals surface area (Å²) in [5, 5.41) is 19.2. The van der Waals surface area contributed by atoms with E-state index >= 15 is 0 Å². The van der Waals surface area contributed by atoms with Crippen molar-refractivity contribution in [1.29, 1.82) is 0 Å². The molecule has 1 aliphatic carbocycles. The molecule has 0 spiro atoms. The van der Waals surface area contributed by atoms with E-state index in [1.54, 1.807) is 27.4 Å². The molecule has 38 heavy (non-hydrogen) atoms. The second-order valence-electron chi connectivity index (χ2n) is 9.17. The molecule has 4 aromatic rings. The molecule has 3 aromatic carbocycles. The number of hydrogen-bond acceptors (Lipinski definition) is 9. The van der Waals surface area contributed by atoms with Crippen LogP contribution in [0.1, 0.15) is 41.3 Å². The van der Waals surface area contributed by atoms with Crippen LogP contribution in [0.3, 0.4) is 0 Å². The van der Waals surface area contributed by atoms with Gasteiger partial charge >= 0.3 is 0 Å². The standard InChI is InChI=1S/C26H26O5.C3H5N3O/c1-28-19-11-9-18(10-12-19)26-21(17-7-5-4-6-8-17)13-14-25(26,27)24-22(30-3)15-20(29-2)16-23(24)31-26;4-1-3-6-5-2-7-3/h4-12,15-16,21,27H,13-14H2,1-3H3;2H,1,4H2. The summed E-state index contributed by atoms with van der Waals surface area (Å²) in [4.78, 5) is 0. The lowest BCUT2D eigenvalue weighted by atomic mass is 9.71. The van der Waals surface area contributed by atoms with E-state index in [0.29, 0.717) is 41.7 Å². The number of methoxy groups -OCH3 is 3. The molecular weight excluding hydrogens is 486 g/mol. The van der Waals surface area contributed by atoms with Gasteiger partial charge in [-0.25, -0.2) is 0 Å². The van der Waals surface area contributed by atoms with Gasteiger partial charge in [-0.3, -0.25) is 0 Å². The molecule has 1 aromatic heterocycles. The number of aliphatic hydroxyl groups is 1. The van der Waals surface area contributed by atoms with Gasteiger partial charge < -0.3 is 34.2 Å². The Morgan fingerprint density at radius 1 is 0.974 bits per heavy atom. The maximum absolute atomic E-state index is 12.3. The van der Waals surface area contributed by atoms with Crippen LogP contribution in [0.25, 0.3) is 0 Å². The summed E-state index contributed by atoms with van der Waals surface area (Å²) in [6, 6.07) is 21.7. The van der Waals surface area contributed by atoms with Crippen molar-refractivity contribution >= 4 is 0 Å². The molecule has 0 saturated heterocycles. The van der Waals surface area contributed by atoms with Crippen molar-refractivity contribution < 1.29 is 28.5 Å². The van der Waals surface area contributed by atoms with Crippen molar-refractivity contribution in [2.45, 2.75) is 36.5 Å². The fraction of sp³-hybridized carbons (Fsp3) is 0.310. The van der Waals surface area contributed by atoms with Crippen LogP contribution < -0.4 is 24.7 Å². The van der Waals surface area contributed by atoms with Crippen LogP contribution in [0.4, 0.5) is 0 Å². The summed E-state index contributed by atoms with van der Waals surface area (Å²) in [6.07, 6.45) is 2.58. The molecule has 1 saturated carbocycles. The van der Waals surface area contributed by atoms with Gasteiger partial charge in [0.1, 0.15) is 28.6 Å². The molecule has 3 N–H and O–H groups in total. The van der Waals surface area contributed by atoms with Crippen molar-refractivity contribution in [2.75, 3.05) is 21.3 Å². The van der Waals surface area contributed by atoms with Crippen LogP contribution in [-0.4, -0.2) is 36.6 Å². The summed E-state index contributed by atoms with van der Waals surface area (Å²) >= 11 is 0. The van der Waals surface area contributed by atoms with Crippen LogP contribution in [0.5, 0.6) is 23.0 Å². The van der Waals surface area contributed by atoms with Crippen molar-refractivity contribution in [3.63, 3.8) is 0 Å².